The van der Waals surface area contributed by atoms with E-state index in [-0.39, 0.29) is 24.0 Å². The highest BCUT2D eigenvalue weighted by molar-refractivity contribution is 14.0. The average Bonchev–Trinajstić information content (AvgIpc) is 3.50. The van der Waals surface area contributed by atoms with Gasteiger partial charge in [-0.3, -0.25) is 15.0 Å². The highest BCUT2D eigenvalue weighted by atomic mass is 127. The van der Waals surface area contributed by atoms with Crippen LogP contribution in [0.25, 0.3) is 11.4 Å². The fraction of sp³-hybridized carbons (Fsp3) is 0.348. The molecule has 1 aliphatic rings. The summed E-state index contributed by atoms with van der Waals surface area (Å²) in [5.74, 6) is 1.55. The van der Waals surface area contributed by atoms with Crippen LogP contribution in [-0.4, -0.2) is 46.2 Å². The van der Waals surface area contributed by atoms with Gasteiger partial charge in [-0.1, -0.05) is 42.5 Å². The quantitative estimate of drug-likeness (QED) is 0.247. The largest absolute Gasteiger partial charge is 0.352 e. The number of nitrogens with zero attached hydrogens (tertiary/aromatic N) is 4. The summed E-state index contributed by atoms with van der Waals surface area (Å²) in [6, 6.07) is 17.1. The molecule has 0 aliphatic carbocycles. The number of likely N-dealkylation sites (tertiary alicyclic amines) is 1. The van der Waals surface area contributed by atoms with Crippen LogP contribution in [0.2, 0.25) is 0 Å². The Morgan fingerprint density at radius 3 is 2.39 bits per heavy atom. The summed E-state index contributed by atoms with van der Waals surface area (Å²) in [5.41, 5.74) is 4.80. The Kier molecular flexibility index (Phi) is 8.84. The summed E-state index contributed by atoms with van der Waals surface area (Å²) >= 11 is 0. The van der Waals surface area contributed by atoms with Crippen LogP contribution >= 0.6 is 24.0 Å². The van der Waals surface area contributed by atoms with Crippen LogP contribution in [0.3, 0.4) is 0 Å². The molecule has 1 saturated heterocycles. The van der Waals surface area contributed by atoms with Crippen LogP contribution in [0.15, 0.2) is 59.9 Å². The molecule has 2 heterocycles. The lowest BCUT2D eigenvalue weighted by Gasteiger charge is -2.15. The molecule has 8 heteroatoms. The van der Waals surface area contributed by atoms with Crippen molar-refractivity contribution in [2.45, 2.75) is 32.5 Å². The zero-order valence-corrected chi connectivity index (χ0v) is 20.2. The number of aromatic amines is 1. The first kappa shape index (κ1) is 23.2. The summed E-state index contributed by atoms with van der Waals surface area (Å²) in [5, 5.41) is 13.6. The van der Waals surface area contributed by atoms with Crippen LogP contribution in [0.1, 0.15) is 29.5 Å². The summed E-state index contributed by atoms with van der Waals surface area (Å²) in [4.78, 5) is 11.1. The minimum Gasteiger partial charge on any atom is -0.352 e. The summed E-state index contributed by atoms with van der Waals surface area (Å²) in [7, 11) is 1.79. The smallest absolute Gasteiger partial charge is 0.191 e. The van der Waals surface area contributed by atoms with Crippen molar-refractivity contribution in [3.63, 3.8) is 0 Å². The van der Waals surface area contributed by atoms with Gasteiger partial charge in [0.2, 0.25) is 0 Å². The van der Waals surface area contributed by atoms with Crippen LogP contribution < -0.4 is 10.6 Å². The van der Waals surface area contributed by atoms with E-state index in [1.54, 1.807) is 7.05 Å². The van der Waals surface area contributed by atoms with Crippen molar-refractivity contribution in [1.29, 1.82) is 0 Å². The number of nitrogens with one attached hydrogen (secondary N) is 3. The molecule has 3 N–H and O–H groups in total. The Morgan fingerprint density at radius 2 is 1.71 bits per heavy atom. The van der Waals surface area contributed by atoms with Crippen molar-refractivity contribution in [2.24, 2.45) is 4.99 Å². The maximum Gasteiger partial charge on any atom is 0.191 e. The van der Waals surface area contributed by atoms with Crippen molar-refractivity contribution >= 4 is 29.9 Å². The first-order valence-corrected chi connectivity index (χ1v) is 10.5. The Bertz CT molecular complexity index is 948. The SMILES string of the molecule is CN=C(NCc1ccc(CN2CCCC2)cc1)NCc1cccc(-c2ncn[nH]2)c1.I. The molecular formula is C23H30IN7. The topological polar surface area (TPSA) is 81.2 Å². The molecule has 0 spiro atoms. The third kappa shape index (κ3) is 6.76. The number of benzene rings is 2. The second-order valence-electron chi connectivity index (χ2n) is 7.61. The van der Waals surface area contributed by atoms with Gasteiger partial charge in [0.25, 0.3) is 0 Å². The Labute approximate surface area is 200 Å². The van der Waals surface area contributed by atoms with Crippen molar-refractivity contribution in [3.05, 3.63) is 71.5 Å². The Balaban J connectivity index is 0.00000272. The predicted octanol–water partition coefficient (Wildman–Crippen LogP) is 3.55. The van der Waals surface area contributed by atoms with Gasteiger partial charge in [-0.25, -0.2) is 4.98 Å². The van der Waals surface area contributed by atoms with E-state index in [1.165, 1.54) is 43.4 Å². The van der Waals surface area contributed by atoms with E-state index in [4.69, 9.17) is 0 Å². The highest BCUT2D eigenvalue weighted by Gasteiger charge is 2.11. The van der Waals surface area contributed by atoms with E-state index >= 15 is 0 Å². The van der Waals surface area contributed by atoms with E-state index in [9.17, 15) is 0 Å². The number of hydrogen-bond acceptors (Lipinski definition) is 4. The first-order valence-electron chi connectivity index (χ1n) is 10.5. The minimum absolute atomic E-state index is 0. The van der Waals surface area contributed by atoms with Gasteiger partial charge in [0.15, 0.2) is 11.8 Å². The van der Waals surface area contributed by atoms with Crippen LogP contribution in [-0.2, 0) is 19.6 Å². The molecule has 4 rings (SSSR count). The van der Waals surface area contributed by atoms with Crippen LogP contribution in [0.4, 0.5) is 0 Å². The number of aliphatic imine (C=N–C) groups is 1. The highest BCUT2D eigenvalue weighted by Crippen LogP contribution is 2.15. The molecule has 1 fully saturated rings. The lowest BCUT2D eigenvalue weighted by molar-refractivity contribution is 0.331. The van der Waals surface area contributed by atoms with E-state index in [0.29, 0.717) is 6.54 Å². The zero-order valence-electron chi connectivity index (χ0n) is 17.8. The number of H-pyrrole nitrogens is 1. The predicted molar refractivity (Wildman–Crippen MR) is 135 cm³/mol. The molecule has 1 aliphatic heterocycles. The van der Waals surface area contributed by atoms with Gasteiger partial charge < -0.3 is 10.6 Å². The van der Waals surface area contributed by atoms with Gasteiger partial charge in [-0.15, -0.1) is 24.0 Å². The van der Waals surface area contributed by atoms with Gasteiger partial charge >= 0.3 is 0 Å². The number of guanidine groups is 1. The molecule has 3 aromatic rings. The maximum absolute atomic E-state index is 4.34. The summed E-state index contributed by atoms with van der Waals surface area (Å²) < 4.78 is 0. The standard InChI is InChI=1S/C23H29N7.HI/c1-24-23(26-15-20-5-4-6-21(13-20)22-27-17-28-29-22)25-14-18-7-9-19(10-8-18)16-30-11-2-3-12-30;/h4-10,13,17H,2-3,11-12,14-16H2,1H3,(H2,24,25,26)(H,27,28,29);1H. The normalized spacial score (nSPS) is 14.3. The summed E-state index contributed by atoms with van der Waals surface area (Å²) in [6.45, 7) is 4.93. The first-order chi connectivity index (χ1) is 14.8. The molecule has 0 atom stereocenters. The van der Waals surface area contributed by atoms with Crippen LogP contribution in [0.5, 0.6) is 0 Å². The van der Waals surface area contributed by atoms with E-state index < -0.39 is 0 Å². The fourth-order valence-electron chi connectivity index (χ4n) is 3.73. The third-order valence-electron chi connectivity index (χ3n) is 5.39. The van der Waals surface area contributed by atoms with E-state index in [1.807, 2.05) is 12.1 Å². The minimum atomic E-state index is 0. The van der Waals surface area contributed by atoms with Crippen molar-refractivity contribution in [2.75, 3.05) is 20.1 Å². The Hall–Kier alpha value is -2.46. The summed E-state index contributed by atoms with van der Waals surface area (Å²) in [6.07, 6.45) is 4.18. The third-order valence-corrected chi connectivity index (χ3v) is 5.39. The van der Waals surface area contributed by atoms with Crippen molar-refractivity contribution in [1.82, 2.24) is 30.7 Å². The fourth-order valence-corrected chi connectivity index (χ4v) is 3.73. The molecule has 0 saturated carbocycles. The monoisotopic (exact) mass is 531 g/mol. The maximum atomic E-state index is 4.34. The molecule has 31 heavy (non-hydrogen) atoms. The number of rotatable bonds is 7. The number of hydrogen-bond donors (Lipinski definition) is 3. The second-order valence-corrected chi connectivity index (χ2v) is 7.61. The molecule has 0 bridgehead atoms. The molecule has 164 valence electrons. The molecular weight excluding hydrogens is 501 g/mol. The number of halogens is 1. The Morgan fingerprint density at radius 1 is 1.00 bits per heavy atom. The van der Waals surface area contributed by atoms with Crippen molar-refractivity contribution < 1.29 is 0 Å². The molecule has 0 amide bonds. The van der Waals surface area contributed by atoms with Gasteiger partial charge in [0, 0.05) is 32.2 Å². The average molecular weight is 531 g/mol. The second kappa shape index (κ2) is 11.8. The number of aromatic nitrogens is 3. The van der Waals surface area contributed by atoms with Crippen molar-refractivity contribution in [3.8, 4) is 11.4 Å². The zero-order chi connectivity index (χ0) is 20.6. The molecule has 0 radical (unpaired) electrons. The lowest BCUT2D eigenvalue weighted by atomic mass is 10.1. The van der Waals surface area contributed by atoms with E-state index in [2.05, 4.69) is 72.1 Å². The molecule has 7 nitrogen and oxygen atoms in total. The van der Waals surface area contributed by atoms with Gasteiger partial charge in [0.05, 0.1) is 0 Å². The molecule has 1 aromatic heterocycles. The van der Waals surface area contributed by atoms with E-state index in [0.717, 1.165) is 36.0 Å². The van der Waals surface area contributed by atoms with Gasteiger partial charge in [0.1, 0.15) is 6.33 Å². The molecule has 0 unspecified atom stereocenters. The molecule has 2 aromatic carbocycles. The lowest BCUT2D eigenvalue weighted by Crippen LogP contribution is -2.36. The van der Waals surface area contributed by atoms with Crippen LogP contribution in [0, 0.1) is 0 Å². The van der Waals surface area contributed by atoms with Gasteiger partial charge in [-0.2, -0.15) is 5.10 Å². The van der Waals surface area contributed by atoms with Gasteiger partial charge in [-0.05, 0) is 48.7 Å².